The maximum atomic E-state index is 10.8. The molecule has 0 saturated carbocycles. The number of rotatable bonds is 1. The molecule has 0 heterocycles. The van der Waals surface area contributed by atoms with E-state index in [-0.39, 0.29) is 0 Å². The molecule has 0 aromatic rings. The highest BCUT2D eigenvalue weighted by Crippen LogP contribution is 2.31. The molecule has 0 saturated heterocycles. The van der Waals surface area contributed by atoms with Gasteiger partial charge in [0.15, 0.2) is 0 Å². The van der Waals surface area contributed by atoms with E-state index in [0.717, 1.165) is 0 Å². The van der Waals surface area contributed by atoms with Crippen LogP contribution in [0.25, 0.3) is 0 Å². The van der Waals surface area contributed by atoms with E-state index < -0.39 is 10.1 Å². The van der Waals surface area contributed by atoms with Crippen molar-refractivity contribution in [2.75, 3.05) is 0 Å². The summed E-state index contributed by atoms with van der Waals surface area (Å²) in [5.41, 5.74) is 0. The Balaban J connectivity index is 2.92. The summed E-state index contributed by atoms with van der Waals surface area (Å²) in [4.78, 5) is 9.63. The molecule has 0 amide bonds. The van der Waals surface area contributed by atoms with Crippen molar-refractivity contribution in [2.24, 2.45) is 0 Å². The Hall–Kier alpha value is 0.0200. The van der Waals surface area contributed by atoms with Crippen LogP contribution in [0.3, 0.4) is 0 Å². The van der Waals surface area contributed by atoms with E-state index in [4.69, 9.17) is 34.8 Å². The fourth-order valence-electron chi connectivity index (χ4n) is 0.806. The first-order chi connectivity index (χ1) is 5.04. The normalized spacial score (nSPS) is 29.9. The fourth-order valence-corrected chi connectivity index (χ4v) is 1.48. The van der Waals surface area contributed by atoms with Gasteiger partial charge in [0, 0.05) is 5.03 Å². The van der Waals surface area contributed by atoms with Crippen molar-refractivity contribution in [1.29, 1.82) is 0 Å². The molecule has 1 aliphatic carbocycles. The number of hydrogen-bond donors (Lipinski definition) is 0. The van der Waals surface area contributed by atoms with Gasteiger partial charge in [0.25, 0.3) is 0 Å². The summed E-state index contributed by atoms with van der Waals surface area (Å²) in [5, 5.41) is -0.151. The Morgan fingerprint density at radius 1 is 1.64 bits per heavy atom. The first-order valence-electron chi connectivity index (χ1n) is 2.98. The highest BCUT2D eigenvalue weighted by molar-refractivity contribution is 6.71. The quantitative estimate of drug-likeness (QED) is 0.481. The molecule has 0 aromatic heterocycles. The maximum Gasteiger partial charge on any atom is 0.246 e. The lowest BCUT2D eigenvalue weighted by molar-refractivity contribution is -0.112. The average Bonchev–Trinajstić information content (AvgIpc) is 1.86. The van der Waals surface area contributed by atoms with Crippen molar-refractivity contribution in [3.8, 4) is 0 Å². The van der Waals surface area contributed by atoms with E-state index >= 15 is 0 Å². The average molecular weight is 211 g/mol. The predicted octanol–water partition coefficient (Wildman–Crippen LogP) is 2.81. The molecule has 0 aliphatic heterocycles. The largest absolute Gasteiger partial charge is 0.279 e. The third-order valence-electron chi connectivity index (χ3n) is 1.39. The molecule has 1 aliphatic rings. The zero-order valence-corrected chi connectivity index (χ0v) is 7.75. The topological polar surface area (TPSA) is 17.1 Å². The van der Waals surface area contributed by atoms with Crippen molar-refractivity contribution in [1.82, 2.24) is 0 Å². The predicted molar refractivity (Wildman–Crippen MR) is 47.1 cm³/mol. The molecule has 1 rings (SSSR count). The first-order valence-corrected chi connectivity index (χ1v) is 4.12. The highest BCUT2D eigenvalue weighted by Gasteiger charge is 2.32. The molecule has 0 radical (unpaired) electrons. The monoisotopic (exact) mass is 210 g/mol. The Labute approximate surface area is 79.6 Å². The third kappa shape index (κ3) is 1.98. The van der Waals surface area contributed by atoms with Gasteiger partial charge in [-0.25, -0.2) is 0 Å². The lowest BCUT2D eigenvalue weighted by Gasteiger charge is -2.19. The van der Waals surface area contributed by atoms with Crippen LogP contribution in [0, 0.1) is 0 Å². The van der Waals surface area contributed by atoms with Gasteiger partial charge in [-0.05, 0) is 30.2 Å². The molecular formula is C7H5Cl3O. The molecule has 11 heavy (non-hydrogen) atoms. The van der Waals surface area contributed by atoms with Crippen LogP contribution in [-0.4, -0.2) is 10.1 Å². The Morgan fingerprint density at radius 2 is 2.27 bits per heavy atom. The molecule has 1 unspecified atom stereocenters. The molecule has 0 N–H and O–H groups in total. The van der Waals surface area contributed by atoms with E-state index in [0.29, 0.717) is 11.5 Å². The number of allylic oxidation sites excluding steroid dienone is 4. The van der Waals surface area contributed by atoms with Gasteiger partial charge in [0.2, 0.25) is 5.24 Å². The summed E-state index contributed by atoms with van der Waals surface area (Å²) in [6.07, 6.45) is 5.25. The van der Waals surface area contributed by atoms with Gasteiger partial charge >= 0.3 is 0 Å². The van der Waals surface area contributed by atoms with Gasteiger partial charge in [0.05, 0.1) is 0 Å². The summed E-state index contributed by atoms with van der Waals surface area (Å²) in [6, 6.07) is 0. The Kier molecular flexibility index (Phi) is 2.63. The lowest BCUT2D eigenvalue weighted by Crippen LogP contribution is -2.26. The van der Waals surface area contributed by atoms with Crippen molar-refractivity contribution in [2.45, 2.75) is 11.3 Å². The minimum absolute atomic E-state index is 0.396. The van der Waals surface area contributed by atoms with Crippen LogP contribution >= 0.6 is 34.8 Å². The smallest absolute Gasteiger partial charge is 0.246 e. The lowest BCUT2D eigenvalue weighted by atomic mass is 10.0. The van der Waals surface area contributed by atoms with Crippen LogP contribution in [0.15, 0.2) is 23.3 Å². The Morgan fingerprint density at radius 3 is 2.64 bits per heavy atom. The molecule has 4 heteroatoms. The summed E-state index contributed by atoms with van der Waals surface area (Å²) >= 11 is 16.7. The first kappa shape index (κ1) is 9.11. The molecular weight excluding hydrogens is 206 g/mol. The second kappa shape index (κ2) is 3.18. The fraction of sp³-hybridized carbons (Fsp3) is 0.286. The van der Waals surface area contributed by atoms with E-state index in [1.165, 1.54) is 6.08 Å². The standard InChI is InChI=1S/C7H5Cl3O/c8-5-2-1-3-7(10,4-5)6(9)11/h1-2,4H,3H2. The zero-order chi connectivity index (χ0) is 8.48. The summed E-state index contributed by atoms with van der Waals surface area (Å²) < 4.78 is 0. The van der Waals surface area contributed by atoms with Crippen LogP contribution in [0.2, 0.25) is 0 Å². The maximum absolute atomic E-state index is 10.8. The second-order valence-corrected chi connectivity index (χ2v) is 3.73. The van der Waals surface area contributed by atoms with Crippen LogP contribution in [0.4, 0.5) is 0 Å². The summed E-state index contributed by atoms with van der Waals surface area (Å²) in [6.45, 7) is 0. The van der Waals surface area contributed by atoms with E-state index in [1.807, 2.05) is 0 Å². The van der Waals surface area contributed by atoms with Crippen LogP contribution < -0.4 is 0 Å². The Bertz CT molecular complexity index is 244. The zero-order valence-electron chi connectivity index (χ0n) is 5.48. The SMILES string of the molecule is O=C(Cl)C1(Cl)C=C(Cl)C=CC1. The minimum Gasteiger partial charge on any atom is -0.279 e. The third-order valence-corrected chi connectivity index (χ3v) is 2.49. The van der Waals surface area contributed by atoms with E-state index in [1.54, 1.807) is 12.2 Å². The number of carbonyl (C=O) groups excluding carboxylic acids is 1. The summed E-state index contributed by atoms with van der Waals surface area (Å²) in [5.74, 6) is 0. The number of halogens is 3. The highest BCUT2D eigenvalue weighted by atomic mass is 35.5. The van der Waals surface area contributed by atoms with Gasteiger partial charge < -0.3 is 0 Å². The van der Waals surface area contributed by atoms with Gasteiger partial charge in [-0.15, -0.1) is 11.6 Å². The van der Waals surface area contributed by atoms with Gasteiger partial charge in [-0.1, -0.05) is 17.7 Å². The number of carbonyl (C=O) groups is 1. The molecule has 1 nitrogen and oxygen atoms in total. The second-order valence-electron chi connectivity index (χ2n) is 2.27. The van der Waals surface area contributed by atoms with Crippen molar-refractivity contribution >= 4 is 40.0 Å². The molecule has 1 atom stereocenters. The van der Waals surface area contributed by atoms with Gasteiger partial charge in [-0.3, -0.25) is 4.79 Å². The minimum atomic E-state index is -1.13. The number of alkyl halides is 1. The van der Waals surface area contributed by atoms with Crippen LogP contribution in [0.5, 0.6) is 0 Å². The summed E-state index contributed by atoms with van der Waals surface area (Å²) in [7, 11) is 0. The molecule has 60 valence electrons. The van der Waals surface area contributed by atoms with E-state index in [2.05, 4.69) is 0 Å². The van der Waals surface area contributed by atoms with E-state index in [9.17, 15) is 4.79 Å². The van der Waals surface area contributed by atoms with Crippen molar-refractivity contribution < 1.29 is 4.79 Å². The number of hydrogen-bond acceptors (Lipinski definition) is 1. The molecule has 0 aromatic carbocycles. The molecule has 0 bridgehead atoms. The molecule has 0 spiro atoms. The van der Waals surface area contributed by atoms with Gasteiger partial charge in [-0.2, -0.15) is 0 Å². The van der Waals surface area contributed by atoms with Crippen molar-refractivity contribution in [3.05, 3.63) is 23.3 Å². The van der Waals surface area contributed by atoms with Crippen molar-refractivity contribution in [3.63, 3.8) is 0 Å². The van der Waals surface area contributed by atoms with Crippen LogP contribution in [0.1, 0.15) is 6.42 Å². The van der Waals surface area contributed by atoms with Gasteiger partial charge in [0.1, 0.15) is 4.87 Å². The van der Waals surface area contributed by atoms with Crippen LogP contribution in [-0.2, 0) is 4.79 Å². The molecule has 0 fully saturated rings.